The summed E-state index contributed by atoms with van der Waals surface area (Å²) in [7, 11) is 0. The Balaban J connectivity index is 1.47. The highest BCUT2D eigenvalue weighted by molar-refractivity contribution is 6.42. The Bertz CT molecular complexity index is 710. The fraction of sp³-hybridized carbons (Fsp3) is 0.619. The molecule has 1 aromatic carbocycles. The van der Waals surface area contributed by atoms with Crippen LogP contribution in [-0.2, 0) is 16.1 Å². The Morgan fingerprint density at radius 3 is 2.25 bits per heavy atom. The summed E-state index contributed by atoms with van der Waals surface area (Å²) >= 11 is 12.4. The molecule has 1 aromatic rings. The van der Waals surface area contributed by atoms with Crippen LogP contribution in [0.3, 0.4) is 0 Å². The zero-order chi connectivity index (χ0) is 20.3. The molecule has 2 heterocycles. The van der Waals surface area contributed by atoms with Crippen molar-refractivity contribution in [3.63, 3.8) is 0 Å². The normalized spacial score (nSPS) is 19.3. The summed E-state index contributed by atoms with van der Waals surface area (Å²) in [5.41, 5.74) is 1.02. The van der Waals surface area contributed by atoms with Gasteiger partial charge in [-0.15, -0.1) is 0 Å². The number of hydrogen-bond donors (Lipinski definition) is 0. The maximum atomic E-state index is 12.9. The lowest BCUT2D eigenvalue weighted by Gasteiger charge is -2.39. The number of carbonyl (C=O) groups excluding carboxylic acids is 2. The summed E-state index contributed by atoms with van der Waals surface area (Å²) in [5, 5.41) is 1.20. The molecular weight excluding hydrogens is 397 g/mol. The third-order valence-corrected chi connectivity index (χ3v) is 6.62. The minimum atomic E-state index is 0.0216. The van der Waals surface area contributed by atoms with E-state index in [-0.39, 0.29) is 23.7 Å². The Hall–Kier alpha value is -1.30. The monoisotopic (exact) mass is 425 g/mol. The fourth-order valence-corrected chi connectivity index (χ4v) is 4.39. The molecule has 0 N–H and O–H groups in total. The van der Waals surface area contributed by atoms with Gasteiger partial charge in [0.2, 0.25) is 11.8 Å². The number of carbonyl (C=O) groups is 2. The van der Waals surface area contributed by atoms with Crippen molar-refractivity contribution in [3.8, 4) is 0 Å². The first-order valence-corrected chi connectivity index (χ1v) is 10.8. The first-order valence-electron chi connectivity index (χ1n) is 10.1. The predicted octanol–water partition coefficient (Wildman–Crippen LogP) is 3.53. The molecule has 0 bridgehead atoms. The smallest absolute Gasteiger partial charge is 0.225 e. The minimum absolute atomic E-state index is 0.0216. The fourth-order valence-electron chi connectivity index (χ4n) is 4.01. The predicted molar refractivity (Wildman–Crippen MR) is 112 cm³/mol. The molecule has 154 valence electrons. The zero-order valence-electron chi connectivity index (χ0n) is 16.7. The van der Waals surface area contributed by atoms with Crippen molar-refractivity contribution in [1.29, 1.82) is 0 Å². The van der Waals surface area contributed by atoms with Gasteiger partial charge in [0.15, 0.2) is 0 Å². The Morgan fingerprint density at radius 2 is 1.64 bits per heavy atom. The Labute approximate surface area is 177 Å². The van der Waals surface area contributed by atoms with Crippen molar-refractivity contribution >= 4 is 35.0 Å². The van der Waals surface area contributed by atoms with E-state index in [1.165, 1.54) is 0 Å². The number of benzene rings is 1. The van der Waals surface area contributed by atoms with Crippen LogP contribution in [0.4, 0.5) is 0 Å². The van der Waals surface area contributed by atoms with Gasteiger partial charge in [0.05, 0.1) is 10.0 Å². The highest BCUT2D eigenvalue weighted by atomic mass is 35.5. The number of rotatable bonds is 4. The molecule has 0 saturated carbocycles. The summed E-state index contributed by atoms with van der Waals surface area (Å²) in [6.07, 6.45) is 1.55. The third kappa shape index (κ3) is 5.00. The summed E-state index contributed by atoms with van der Waals surface area (Å²) in [6.45, 7) is 9.13. The summed E-state index contributed by atoms with van der Waals surface area (Å²) in [5.74, 6) is 0.509. The van der Waals surface area contributed by atoms with Gasteiger partial charge in [-0.1, -0.05) is 49.2 Å². The van der Waals surface area contributed by atoms with Gasteiger partial charge in [0.1, 0.15) is 0 Å². The molecule has 0 radical (unpaired) electrons. The summed E-state index contributed by atoms with van der Waals surface area (Å²) < 4.78 is 0. The molecule has 2 amide bonds. The molecule has 2 aliphatic rings. The molecule has 2 fully saturated rings. The number of amides is 2. The quantitative estimate of drug-likeness (QED) is 0.740. The molecule has 28 heavy (non-hydrogen) atoms. The molecule has 7 heteroatoms. The molecule has 0 atom stereocenters. The van der Waals surface area contributed by atoms with Crippen LogP contribution >= 0.6 is 23.2 Å². The van der Waals surface area contributed by atoms with Gasteiger partial charge in [-0.25, -0.2) is 0 Å². The van der Waals surface area contributed by atoms with Crippen LogP contribution < -0.4 is 0 Å². The van der Waals surface area contributed by atoms with Gasteiger partial charge in [-0.3, -0.25) is 14.5 Å². The van der Waals surface area contributed by atoms with E-state index in [1.807, 2.05) is 35.8 Å². The molecule has 0 aromatic heterocycles. The summed E-state index contributed by atoms with van der Waals surface area (Å²) in [4.78, 5) is 31.2. The van der Waals surface area contributed by atoms with Crippen LogP contribution in [0.2, 0.25) is 10.0 Å². The average molecular weight is 426 g/mol. The first kappa shape index (κ1) is 21.4. The molecule has 0 unspecified atom stereocenters. The highest BCUT2D eigenvalue weighted by Gasteiger charge is 2.32. The van der Waals surface area contributed by atoms with Crippen molar-refractivity contribution in [3.05, 3.63) is 33.8 Å². The minimum Gasteiger partial charge on any atom is -0.342 e. The third-order valence-electron chi connectivity index (χ3n) is 5.76. The lowest BCUT2D eigenvalue weighted by Crippen LogP contribution is -2.51. The van der Waals surface area contributed by atoms with Crippen molar-refractivity contribution in [2.45, 2.75) is 33.2 Å². The van der Waals surface area contributed by atoms with Crippen LogP contribution in [0.15, 0.2) is 18.2 Å². The number of nitrogens with zero attached hydrogens (tertiary/aromatic N) is 3. The highest BCUT2D eigenvalue weighted by Crippen LogP contribution is 2.27. The van der Waals surface area contributed by atoms with Gasteiger partial charge in [-0.05, 0) is 24.5 Å². The van der Waals surface area contributed by atoms with Crippen LogP contribution in [0.25, 0.3) is 0 Å². The van der Waals surface area contributed by atoms with Crippen molar-refractivity contribution in [2.75, 3.05) is 39.3 Å². The number of piperidine rings is 1. The van der Waals surface area contributed by atoms with Gasteiger partial charge in [0, 0.05) is 57.6 Å². The molecule has 5 nitrogen and oxygen atoms in total. The molecule has 0 spiro atoms. The van der Waals surface area contributed by atoms with E-state index < -0.39 is 0 Å². The lowest BCUT2D eigenvalue weighted by molar-refractivity contribution is -0.143. The Morgan fingerprint density at radius 1 is 1.00 bits per heavy atom. The molecule has 0 aliphatic carbocycles. The van der Waals surface area contributed by atoms with E-state index in [1.54, 1.807) is 6.07 Å². The SMILES string of the molecule is CC(C)C(=O)N1CCC(C(=O)N2CCN(Cc3cccc(Cl)c3Cl)CC2)CC1. The number of piperazine rings is 1. The van der Waals surface area contributed by atoms with Gasteiger partial charge < -0.3 is 9.80 Å². The molecular formula is C21H29Cl2N3O2. The standard InChI is InChI=1S/C21H29Cl2N3O2/c1-15(2)20(27)25-8-6-16(7-9-25)21(28)26-12-10-24(11-13-26)14-17-4-3-5-18(22)19(17)23/h3-5,15-16H,6-14H2,1-2H3. The summed E-state index contributed by atoms with van der Waals surface area (Å²) in [6, 6.07) is 5.71. The van der Waals surface area contributed by atoms with E-state index in [0.717, 1.165) is 51.1 Å². The topological polar surface area (TPSA) is 43.9 Å². The second-order valence-corrected chi connectivity index (χ2v) is 8.85. The van der Waals surface area contributed by atoms with Crippen LogP contribution in [0.5, 0.6) is 0 Å². The van der Waals surface area contributed by atoms with E-state index in [2.05, 4.69) is 4.90 Å². The largest absolute Gasteiger partial charge is 0.342 e. The van der Waals surface area contributed by atoms with Crippen LogP contribution in [0, 0.1) is 11.8 Å². The second-order valence-electron chi connectivity index (χ2n) is 8.07. The van der Waals surface area contributed by atoms with Crippen molar-refractivity contribution in [1.82, 2.24) is 14.7 Å². The second kappa shape index (κ2) is 9.47. The average Bonchev–Trinajstić information content (AvgIpc) is 2.71. The maximum absolute atomic E-state index is 12.9. The van der Waals surface area contributed by atoms with Crippen molar-refractivity contribution < 1.29 is 9.59 Å². The van der Waals surface area contributed by atoms with Crippen LogP contribution in [-0.4, -0.2) is 65.8 Å². The molecule has 2 aliphatic heterocycles. The van der Waals surface area contributed by atoms with E-state index >= 15 is 0 Å². The number of hydrogen-bond acceptors (Lipinski definition) is 3. The van der Waals surface area contributed by atoms with Gasteiger partial charge in [-0.2, -0.15) is 0 Å². The lowest BCUT2D eigenvalue weighted by atomic mass is 9.94. The molecule has 2 saturated heterocycles. The first-order chi connectivity index (χ1) is 13.4. The van der Waals surface area contributed by atoms with E-state index in [4.69, 9.17) is 23.2 Å². The van der Waals surface area contributed by atoms with Crippen molar-refractivity contribution in [2.24, 2.45) is 11.8 Å². The Kier molecular flexibility index (Phi) is 7.24. The molecule has 3 rings (SSSR count). The maximum Gasteiger partial charge on any atom is 0.225 e. The number of likely N-dealkylation sites (tertiary alicyclic amines) is 1. The van der Waals surface area contributed by atoms with E-state index in [0.29, 0.717) is 23.1 Å². The van der Waals surface area contributed by atoms with Gasteiger partial charge >= 0.3 is 0 Å². The zero-order valence-corrected chi connectivity index (χ0v) is 18.2. The number of halogens is 2. The van der Waals surface area contributed by atoms with E-state index in [9.17, 15) is 9.59 Å². The van der Waals surface area contributed by atoms with Crippen LogP contribution in [0.1, 0.15) is 32.3 Å². The van der Waals surface area contributed by atoms with Gasteiger partial charge in [0.25, 0.3) is 0 Å².